The van der Waals surface area contributed by atoms with Crippen LogP contribution < -0.4 is 0 Å². The maximum absolute atomic E-state index is 9.33. The fraction of sp³-hybridized carbons (Fsp3) is 0.333. The third kappa shape index (κ3) is 497. The summed E-state index contributed by atoms with van der Waals surface area (Å²) in [5.74, 6) is -0.0833. The SMILES string of the molecule is [AlH3].[CH2]C(C)=O. The van der Waals surface area contributed by atoms with Gasteiger partial charge in [0.25, 0.3) is 0 Å². The number of Topliss-reactive ketones (excluding diaryl/α,β-unsaturated/α-hetero) is 1. The van der Waals surface area contributed by atoms with E-state index in [1.807, 2.05) is 0 Å². The molecule has 0 bridgehead atoms. The Morgan fingerprint density at radius 2 is 1.80 bits per heavy atom. The zero-order valence-corrected chi connectivity index (χ0v) is 2.62. The van der Waals surface area contributed by atoms with Crippen LogP contribution in [0.5, 0.6) is 0 Å². The first-order valence-electron chi connectivity index (χ1n) is 1.06. The van der Waals surface area contributed by atoms with Crippen molar-refractivity contribution < 1.29 is 4.79 Å². The number of rotatable bonds is 0. The van der Waals surface area contributed by atoms with Crippen molar-refractivity contribution >= 4 is 23.1 Å². The highest BCUT2D eigenvalue weighted by atomic mass is 27.0. The van der Waals surface area contributed by atoms with Gasteiger partial charge in [-0.25, -0.2) is 0 Å². The summed E-state index contributed by atoms with van der Waals surface area (Å²) >= 11 is 0. The minimum absolute atomic E-state index is 0. The van der Waals surface area contributed by atoms with Gasteiger partial charge in [0.1, 0.15) is 5.78 Å². The number of hydrogen-bond donors (Lipinski definition) is 0. The van der Waals surface area contributed by atoms with Crippen molar-refractivity contribution in [3.8, 4) is 0 Å². The Bertz CT molecular complexity index is 29.9. The van der Waals surface area contributed by atoms with Crippen molar-refractivity contribution in [1.29, 1.82) is 0 Å². The van der Waals surface area contributed by atoms with Crippen LogP contribution in [0.3, 0.4) is 0 Å². The van der Waals surface area contributed by atoms with E-state index in [0.29, 0.717) is 0 Å². The molecule has 0 aliphatic rings. The Hall–Kier alpha value is 0.202. The Morgan fingerprint density at radius 3 is 1.80 bits per heavy atom. The number of hydrogen-bond acceptors (Lipinski definition) is 1. The highest BCUT2D eigenvalue weighted by Crippen LogP contribution is 1.49. The first-order valence-corrected chi connectivity index (χ1v) is 1.06. The van der Waals surface area contributed by atoms with Crippen molar-refractivity contribution in [2.75, 3.05) is 0 Å². The summed E-state index contributed by atoms with van der Waals surface area (Å²) in [6.45, 7) is 4.42. The fourth-order valence-electron chi connectivity index (χ4n) is 0. The second kappa shape index (κ2) is 4.20. The Balaban J connectivity index is 0. The van der Waals surface area contributed by atoms with Gasteiger partial charge in [-0.2, -0.15) is 0 Å². The van der Waals surface area contributed by atoms with Crippen LogP contribution in [0.25, 0.3) is 0 Å². The van der Waals surface area contributed by atoms with E-state index >= 15 is 0 Å². The maximum atomic E-state index is 9.33. The molecular weight excluding hydrogens is 79.0 g/mol. The molecule has 0 aromatic heterocycles. The first-order chi connectivity index (χ1) is 1.73. The van der Waals surface area contributed by atoms with Crippen LogP contribution in [0.4, 0.5) is 0 Å². The Labute approximate surface area is 42.5 Å². The summed E-state index contributed by atoms with van der Waals surface area (Å²) in [6, 6.07) is 0. The maximum Gasteiger partial charge on any atom is 0.187 e. The molecule has 0 heterocycles. The number of ketones is 1. The largest absolute Gasteiger partial charge is 0.300 e. The van der Waals surface area contributed by atoms with Gasteiger partial charge in [-0.3, -0.25) is 0 Å². The summed E-state index contributed by atoms with van der Waals surface area (Å²) < 4.78 is 0. The second-order valence-corrected chi connectivity index (χ2v) is 0.702. The van der Waals surface area contributed by atoms with Crippen molar-refractivity contribution in [3.63, 3.8) is 0 Å². The van der Waals surface area contributed by atoms with E-state index < -0.39 is 0 Å². The van der Waals surface area contributed by atoms with E-state index in [1.165, 1.54) is 6.92 Å². The number of carbonyl (C=O) groups is 1. The molecule has 0 saturated heterocycles. The predicted molar refractivity (Wildman–Crippen MR) is 26.0 cm³/mol. The van der Waals surface area contributed by atoms with E-state index in [4.69, 9.17) is 0 Å². The lowest BCUT2D eigenvalue weighted by Crippen LogP contribution is -1.70. The van der Waals surface area contributed by atoms with Crippen molar-refractivity contribution in [2.24, 2.45) is 0 Å². The highest BCUT2D eigenvalue weighted by molar-refractivity contribution is 5.79. The van der Waals surface area contributed by atoms with E-state index in [1.54, 1.807) is 0 Å². The summed E-state index contributed by atoms with van der Waals surface area (Å²) in [5, 5.41) is 0. The lowest BCUT2D eigenvalue weighted by Gasteiger charge is -1.55. The van der Waals surface area contributed by atoms with E-state index in [-0.39, 0.29) is 23.1 Å². The molecule has 0 saturated carbocycles. The zero-order chi connectivity index (χ0) is 3.58. The summed E-state index contributed by atoms with van der Waals surface area (Å²) in [5.41, 5.74) is 0. The average molecular weight is 87.1 g/mol. The zero-order valence-electron chi connectivity index (χ0n) is 2.62. The van der Waals surface area contributed by atoms with Gasteiger partial charge in [0.15, 0.2) is 17.4 Å². The minimum atomic E-state index is -0.0833. The quantitative estimate of drug-likeness (QED) is 0.354. The summed E-state index contributed by atoms with van der Waals surface area (Å²) in [6.07, 6.45) is 0. The monoisotopic (exact) mass is 87.0 g/mol. The molecule has 0 rings (SSSR count). The Kier molecular flexibility index (Phi) is 7.53. The van der Waals surface area contributed by atoms with Gasteiger partial charge in [-0.1, -0.05) is 0 Å². The minimum Gasteiger partial charge on any atom is -0.300 e. The van der Waals surface area contributed by atoms with Crippen molar-refractivity contribution in [1.82, 2.24) is 0 Å². The summed E-state index contributed by atoms with van der Waals surface area (Å²) in [4.78, 5) is 9.33. The molecule has 0 aromatic rings. The van der Waals surface area contributed by atoms with E-state index in [2.05, 4.69) is 6.92 Å². The third-order valence-corrected chi connectivity index (χ3v) is 0. The molecule has 0 aliphatic heterocycles. The lowest BCUT2D eigenvalue weighted by atomic mass is 10.6. The van der Waals surface area contributed by atoms with Crippen molar-refractivity contribution in [2.45, 2.75) is 6.92 Å². The van der Waals surface area contributed by atoms with Gasteiger partial charge in [0, 0.05) is 6.92 Å². The molecule has 2 heteroatoms. The van der Waals surface area contributed by atoms with Gasteiger partial charge in [0.2, 0.25) is 0 Å². The van der Waals surface area contributed by atoms with Crippen LogP contribution in [0.2, 0.25) is 0 Å². The summed E-state index contributed by atoms with van der Waals surface area (Å²) in [7, 11) is 0. The van der Waals surface area contributed by atoms with Gasteiger partial charge >= 0.3 is 0 Å². The van der Waals surface area contributed by atoms with Crippen LogP contribution >= 0.6 is 0 Å². The molecule has 0 aromatic carbocycles. The lowest BCUT2D eigenvalue weighted by molar-refractivity contribution is -0.112. The topological polar surface area (TPSA) is 17.1 Å². The normalized spacial score (nSPS) is 5.20. The smallest absolute Gasteiger partial charge is 0.187 e. The van der Waals surface area contributed by atoms with E-state index in [0.717, 1.165) is 0 Å². The first kappa shape index (κ1) is 8.96. The van der Waals surface area contributed by atoms with E-state index in [9.17, 15) is 4.79 Å². The molecule has 5 heavy (non-hydrogen) atoms. The van der Waals surface area contributed by atoms with Gasteiger partial charge < -0.3 is 4.79 Å². The molecule has 0 spiro atoms. The second-order valence-electron chi connectivity index (χ2n) is 0.702. The van der Waals surface area contributed by atoms with Crippen LogP contribution in [0.15, 0.2) is 0 Å². The van der Waals surface area contributed by atoms with Crippen LogP contribution in [0.1, 0.15) is 6.92 Å². The van der Waals surface area contributed by atoms with Crippen LogP contribution in [0, 0.1) is 6.92 Å². The number of carbonyl (C=O) groups excluding carboxylic acids is 1. The molecule has 0 fully saturated rings. The molecule has 1 nitrogen and oxygen atoms in total. The molecule has 0 amide bonds. The molecule has 0 aliphatic carbocycles. The van der Waals surface area contributed by atoms with Gasteiger partial charge in [-0.15, -0.1) is 0 Å². The van der Waals surface area contributed by atoms with Gasteiger partial charge in [0.05, 0.1) is 0 Å². The van der Waals surface area contributed by atoms with Crippen LogP contribution in [-0.4, -0.2) is 23.1 Å². The van der Waals surface area contributed by atoms with Crippen LogP contribution in [-0.2, 0) is 4.79 Å². The third-order valence-electron chi connectivity index (χ3n) is 0. The highest BCUT2D eigenvalue weighted by Gasteiger charge is 1.62. The van der Waals surface area contributed by atoms with Crippen molar-refractivity contribution in [3.05, 3.63) is 6.92 Å². The standard InChI is InChI=1S/C3H5O.Al.3H/c1-3(2)4;;;;/h1H2,2H3;;;;. The molecule has 0 unspecified atom stereocenters. The molecule has 0 N–H and O–H groups in total. The average Bonchev–Trinajstić information content (AvgIpc) is 0.811. The fourth-order valence-corrected chi connectivity index (χ4v) is 0. The molecule has 0 atom stereocenters. The Morgan fingerprint density at radius 1 is 1.80 bits per heavy atom. The predicted octanol–water partition coefficient (Wildman–Crippen LogP) is -0.774. The molecule has 1 radical (unpaired) electrons. The molecular formula is C3H8AlO. The van der Waals surface area contributed by atoms with Gasteiger partial charge in [-0.05, 0) is 6.92 Å². The molecule has 29 valence electrons.